The van der Waals surface area contributed by atoms with Gasteiger partial charge in [-0.2, -0.15) is 0 Å². The third-order valence-electron chi connectivity index (χ3n) is 12.4. The Balaban J connectivity index is 1.44. The van der Waals surface area contributed by atoms with Crippen LogP contribution in [0.2, 0.25) is 0 Å². The first-order valence-corrected chi connectivity index (χ1v) is 18.2. The van der Waals surface area contributed by atoms with E-state index in [0.717, 1.165) is 16.9 Å². The molecule has 51 heavy (non-hydrogen) atoms. The molecule has 12 heteroatoms. The topological polar surface area (TPSA) is 17.8 Å². The number of para-hydroxylation sites is 2. The molecule has 0 saturated heterocycles. The van der Waals surface area contributed by atoms with Crippen LogP contribution in [0.25, 0.3) is 71.9 Å². The number of benzene rings is 7. The number of nitrogens with zero attached hydrogens (tertiary/aromatic N) is 2. The number of hydrogen-bond donors (Lipinski definition) is 0. The van der Waals surface area contributed by atoms with Gasteiger partial charge in [-0.05, 0) is 45.2 Å². The molecule has 7 aromatic carbocycles. The van der Waals surface area contributed by atoms with Crippen molar-refractivity contribution in [2.45, 2.75) is 0 Å². The van der Waals surface area contributed by atoms with E-state index in [9.17, 15) is 0 Å². The second-order valence-electron chi connectivity index (χ2n) is 14.7. The molecule has 0 aliphatic carbocycles. The summed E-state index contributed by atoms with van der Waals surface area (Å²) in [6.45, 7) is 0. The summed E-state index contributed by atoms with van der Waals surface area (Å²) >= 11 is 0. The molecule has 0 aliphatic heterocycles. The lowest BCUT2D eigenvalue weighted by molar-refractivity contribution is 1.13. The molecule has 1 aromatic heterocycles. The molecule has 2 nitrogen and oxygen atoms in total. The monoisotopic (exact) mass is 642 g/mol. The Morgan fingerprint density at radius 2 is 0.725 bits per heavy atom. The number of imidazole rings is 1. The highest BCUT2D eigenvalue weighted by Crippen LogP contribution is 2.43. The van der Waals surface area contributed by atoms with Gasteiger partial charge in [-0.1, -0.05) is 107 Å². The van der Waals surface area contributed by atoms with Crippen molar-refractivity contribution in [3.8, 4) is 39.3 Å². The molecule has 8 rings (SSSR count). The van der Waals surface area contributed by atoms with Crippen LogP contribution >= 0.6 is 0 Å². The molecule has 1 heterocycles. The minimum Gasteiger partial charge on any atom is -0.291 e. The predicted octanol–water partition coefficient (Wildman–Crippen LogP) is -7.08. The van der Waals surface area contributed by atoms with Crippen LogP contribution in [-0.2, 0) is 0 Å². The molecule has 0 unspecified atom stereocenters. The normalized spacial score (nSPS) is 11.5. The van der Waals surface area contributed by atoms with Crippen molar-refractivity contribution in [3.05, 3.63) is 97.1 Å². The lowest BCUT2D eigenvalue weighted by Crippen LogP contribution is -2.55. The van der Waals surface area contributed by atoms with Crippen molar-refractivity contribution in [1.82, 2.24) is 9.55 Å². The zero-order valence-corrected chi connectivity index (χ0v) is 31.6. The number of hydrogen-bond acceptors (Lipinski definition) is 1. The highest BCUT2D eigenvalue weighted by atomic mass is 15.1. The summed E-state index contributed by atoms with van der Waals surface area (Å²) in [5.74, 6) is 0.999. The highest BCUT2D eigenvalue weighted by Gasteiger charge is 2.24. The van der Waals surface area contributed by atoms with E-state index in [1.165, 1.54) is 110 Å². The molecule has 8 aromatic rings. The van der Waals surface area contributed by atoms with Gasteiger partial charge in [0.25, 0.3) is 0 Å². The Hall–Kier alpha value is -4.82. The Morgan fingerprint density at radius 3 is 1.22 bits per heavy atom. The van der Waals surface area contributed by atoms with Crippen molar-refractivity contribution < 1.29 is 0 Å². The van der Waals surface area contributed by atoms with Crippen LogP contribution in [0, 0.1) is 0 Å². The summed E-state index contributed by atoms with van der Waals surface area (Å²) < 4.78 is 2.45. The third-order valence-corrected chi connectivity index (χ3v) is 12.4. The maximum Gasteiger partial charge on any atom is 0.144 e. The van der Waals surface area contributed by atoms with Crippen LogP contribution in [0.3, 0.4) is 0 Å². The Morgan fingerprint density at radius 1 is 0.353 bits per heavy atom. The molecule has 0 saturated carbocycles. The summed E-state index contributed by atoms with van der Waals surface area (Å²) in [4.78, 5) is 5.42. The fraction of sp³-hybridized carbons (Fsp3) is 0. The molecule has 0 N–H and O–H groups in total. The second kappa shape index (κ2) is 12.4. The summed E-state index contributed by atoms with van der Waals surface area (Å²) in [5, 5.41) is 4.91. The van der Waals surface area contributed by atoms with Gasteiger partial charge in [0.05, 0.1) is 16.7 Å². The first-order valence-electron chi connectivity index (χ1n) is 18.2. The minimum atomic E-state index is 0.999. The van der Waals surface area contributed by atoms with Gasteiger partial charge < -0.3 is 0 Å². The molecule has 0 aliphatic rings. The van der Waals surface area contributed by atoms with Crippen LogP contribution in [-0.4, -0.2) is 88.0 Å². The van der Waals surface area contributed by atoms with Gasteiger partial charge in [-0.15, -0.1) is 32.8 Å². The number of fused-ring (bicyclic) bond motifs is 3. The molecule has 0 spiro atoms. The van der Waals surface area contributed by atoms with E-state index in [0.29, 0.717) is 0 Å². The van der Waals surface area contributed by atoms with E-state index in [4.69, 9.17) is 4.98 Å². The quantitative estimate of drug-likeness (QED) is 0.138. The number of aromatic nitrogens is 2. The van der Waals surface area contributed by atoms with Crippen LogP contribution in [0.15, 0.2) is 97.1 Å². The fourth-order valence-corrected chi connectivity index (χ4v) is 8.65. The molecule has 232 valence electrons. The number of rotatable bonds is 4. The zero-order valence-electron chi connectivity index (χ0n) is 31.6. The van der Waals surface area contributed by atoms with Gasteiger partial charge in [0.15, 0.2) is 0 Å². The second-order valence-corrected chi connectivity index (χ2v) is 14.7. The SMILES string of the molecule is Bc1c(B)c(B)c(-c2ccc(-c3c4ccccc4c(-n4c(-c5c(B)c(B)c(B)c(B)c5B)nc5ccccc54)c4ccccc34)cc2)c(B)c1B. The first kappa shape index (κ1) is 33.3. The van der Waals surface area contributed by atoms with Crippen LogP contribution in [0.5, 0.6) is 0 Å². The van der Waals surface area contributed by atoms with Gasteiger partial charge in [0, 0.05) is 16.3 Å². The van der Waals surface area contributed by atoms with E-state index >= 15 is 0 Å². The van der Waals surface area contributed by atoms with Crippen molar-refractivity contribution in [2.75, 3.05) is 0 Å². The van der Waals surface area contributed by atoms with Gasteiger partial charge in [-0.25, -0.2) is 4.98 Å². The highest BCUT2D eigenvalue weighted by molar-refractivity contribution is 6.69. The molecule has 0 fully saturated rings. The maximum atomic E-state index is 5.42. The van der Waals surface area contributed by atoms with Crippen molar-refractivity contribution in [2.24, 2.45) is 0 Å². The van der Waals surface area contributed by atoms with Gasteiger partial charge in [0.2, 0.25) is 0 Å². The molecular formula is C39H36B10N2. The predicted molar refractivity (Wildman–Crippen MR) is 254 cm³/mol. The molecular weight excluding hydrogens is 605 g/mol. The smallest absolute Gasteiger partial charge is 0.144 e. The van der Waals surface area contributed by atoms with Crippen LogP contribution in [0.4, 0.5) is 0 Å². The van der Waals surface area contributed by atoms with Crippen LogP contribution < -0.4 is 54.6 Å². The third kappa shape index (κ3) is 4.97. The minimum absolute atomic E-state index is 0.999. The standard InChI is InChI=1S/C39H36B10N2/c40-28-26(29(41)33(45)36(48)32(28)44)18-15-13-17(14-16-18)25-19-7-1-3-9-21(19)38(22-10-4-2-8-20(22)25)51-24-12-6-5-11-23(24)50-39(51)27-30(42)34(46)37(49)35(47)31(27)43/h1-16H,40-49H2. The molecule has 0 amide bonds. The maximum absolute atomic E-state index is 5.42. The first-order chi connectivity index (χ1) is 24.5. The van der Waals surface area contributed by atoms with Gasteiger partial charge >= 0.3 is 0 Å². The summed E-state index contributed by atoms with van der Waals surface area (Å²) in [6.07, 6.45) is 0. The lowest BCUT2D eigenvalue weighted by atomic mass is 9.59. The molecule has 0 atom stereocenters. The van der Waals surface area contributed by atoms with Gasteiger partial charge in [-0.3, -0.25) is 4.57 Å². The Kier molecular flexibility index (Phi) is 8.13. The fourth-order valence-electron chi connectivity index (χ4n) is 8.65. The molecule has 0 bridgehead atoms. The van der Waals surface area contributed by atoms with E-state index < -0.39 is 0 Å². The Bertz CT molecular complexity index is 2640. The van der Waals surface area contributed by atoms with Gasteiger partial charge in [0.1, 0.15) is 84.3 Å². The Labute approximate surface area is 310 Å². The average molecular weight is 641 g/mol. The lowest BCUT2D eigenvalue weighted by Gasteiger charge is -2.23. The van der Waals surface area contributed by atoms with E-state index in [1.807, 2.05) is 0 Å². The van der Waals surface area contributed by atoms with Crippen molar-refractivity contribution in [3.63, 3.8) is 0 Å². The molecule has 0 radical (unpaired) electrons. The summed E-state index contributed by atoms with van der Waals surface area (Å²) in [5.41, 5.74) is 23.2. The summed E-state index contributed by atoms with van der Waals surface area (Å²) in [6, 6.07) is 35.8. The average Bonchev–Trinajstić information content (AvgIpc) is 3.52. The van der Waals surface area contributed by atoms with E-state index in [-0.39, 0.29) is 0 Å². The van der Waals surface area contributed by atoms with Crippen molar-refractivity contribution >= 4 is 166 Å². The van der Waals surface area contributed by atoms with E-state index in [1.54, 1.807) is 0 Å². The van der Waals surface area contributed by atoms with Crippen molar-refractivity contribution in [1.29, 1.82) is 0 Å². The van der Waals surface area contributed by atoms with E-state index in [2.05, 4.69) is 180 Å². The zero-order chi connectivity index (χ0) is 35.9. The van der Waals surface area contributed by atoms with Crippen LogP contribution in [0.1, 0.15) is 0 Å². The largest absolute Gasteiger partial charge is 0.291 e. The summed E-state index contributed by atoms with van der Waals surface area (Å²) in [7, 11) is 22.6.